The first kappa shape index (κ1) is 13.7. The molecule has 1 amide bonds. The first-order valence-corrected chi connectivity index (χ1v) is 6.85. The third-order valence-electron chi connectivity index (χ3n) is 2.82. The number of benzene rings is 1. The standard InChI is InChI=1S/C15H15BrN2O/c1-10-5-3-8-14(17-10)15(19)18-11(2)12-6-4-7-13(16)9-12/h3-9,11H,1-2H3,(H,18,19)/t11-/m1/s1. The summed E-state index contributed by atoms with van der Waals surface area (Å²) in [5.41, 5.74) is 2.33. The first-order valence-electron chi connectivity index (χ1n) is 6.06. The van der Waals surface area contributed by atoms with E-state index in [1.54, 1.807) is 6.07 Å². The van der Waals surface area contributed by atoms with Gasteiger partial charge in [0.2, 0.25) is 0 Å². The molecule has 0 aliphatic rings. The van der Waals surface area contributed by atoms with E-state index in [1.165, 1.54) is 0 Å². The first-order chi connectivity index (χ1) is 9.06. The highest BCUT2D eigenvalue weighted by atomic mass is 79.9. The van der Waals surface area contributed by atoms with Crippen molar-refractivity contribution in [2.24, 2.45) is 0 Å². The molecule has 0 fully saturated rings. The summed E-state index contributed by atoms with van der Waals surface area (Å²) in [6.07, 6.45) is 0. The second-order valence-corrected chi connectivity index (χ2v) is 5.33. The van der Waals surface area contributed by atoms with Crippen LogP contribution in [0, 0.1) is 6.92 Å². The number of rotatable bonds is 3. The molecular weight excluding hydrogens is 304 g/mol. The Balaban J connectivity index is 2.11. The zero-order chi connectivity index (χ0) is 13.8. The minimum atomic E-state index is -0.156. The fraction of sp³-hybridized carbons (Fsp3) is 0.200. The quantitative estimate of drug-likeness (QED) is 0.938. The molecule has 0 aliphatic carbocycles. The molecule has 0 aliphatic heterocycles. The van der Waals surface area contributed by atoms with Crippen molar-refractivity contribution < 1.29 is 4.79 Å². The summed E-state index contributed by atoms with van der Waals surface area (Å²) in [5.74, 6) is -0.156. The number of carbonyl (C=O) groups is 1. The second kappa shape index (κ2) is 5.97. The monoisotopic (exact) mass is 318 g/mol. The molecule has 2 aromatic rings. The van der Waals surface area contributed by atoms with Crippen LogP contribution in [0.2, 0.25) is 0 Å². The van der Waals surface area contributed by atoms with Crippen molar-refractivity contribution in [2.45, 2.75) is 19.9 Å². The van der Waals surface area contributed by atoms with Gasteiger partial charge in [-0.1, -0.05) is 34.1 Å². The number of nitrogens with one attached hydrogen (secondary N) is 1. The van der Waals surface area contributed by atoms with Gasteiger partial charge in [-0.15, -0.1) is 0 Å². The third-order valence-corrected chi connectivity index (χ3v) is 3.31. The largest absolute Gasteiger partial charge is 0.344 e. The molecule has 1 N–H and O–H groups in total. The van der Waals surface area contributed by atoms with Gasteiger partial charge in [0, 0.05) is 10.2 Å². The fourth-order valence-electron chi connectivity index (χ4n) is 1.80. The molecule has 2 rings (SSSR count). The van der Waals surface area contributed by atoms with Gasteiger partial charge >= 0.3 is 0 Å². The average Bonchev–Trinajstić information content (AvgIpc) is 2.38. The van der Waals surface area contributed by atoms with Gasteiger partial charge in [0.05, 0.1) is 6.04 Å². The second-order valence-electron chi connectivity index (χ2n) is 4.41. The van der Waals surface area contributed by atoms with Crippen LogP contribution in [-0.4, -0.2) is 10.9 Å². The van der Waals surface area contributed by atoms with Crippen LogP contribution in [0.25, 0.3) is 0 Å². The Morgan fingerprint density at radius 3 is 2.68 bits per heavy atom. The van der Waals surface area contributed by atoms with Gasteiger partial charge in [0.15, 0.2) is 0 Å². The maximum absolute atomic E-state index is 12.1. The van der Waals surface area contributed by atoms with Gasteiger partial charge < -0.3 is 5.32 Å². The Bertz CT molecular complexity index is 598. The van der Waals surface area contributed by atoms with E-state index in [4.69, 9.17) is 0 Å². The van der Waals surface area contributed by atoms with Crippen molar-refractivity contribution in [3.05, 3.63) is 63.9 Å². The number of amides is 1. The minimum absolute atomic E-state index is 0.0627. The van der Waals surface area contributed by atoms with Crippen molar-refractivity contribution in [1.29, 1.82) is 0 Å². The van der Waals surface area contributed by atoms with Crippen LogP contribution in [0.5, 0.6) is 0 Å². The van der Waals surface area contributed by atoms with E-state index < -0.39 is 0 Å². The number of nitrogens with zero attached hydrogens (tertiary/aromatic N) is 1. The highest BCUT2D eigenvalue weighted by molar-refractivity contribution is 9.10. The van der Waals surface area contributed by atoms with Crippen LogP contribution in [0.3, 0.4) is 0 Å². The van der Waals surface area contributed by atoms with E-state index in [1.807, 2.05) is 50.2 Å². The summed E-state index contributed by atoms with van der Waals surface area (Å²) in [6.45, 7) is 3.82. The Labute approximate surface area is 121 Å². The number of aromatic nitrogens is 1. The van der Waals surface area contributed by atoms with E-state index in [-0.39, 0.29) is 11.9 Å². The van der Waals surface area contributed by atoms with Gasteiger partial charge in [-0.2, -0.15) is 0 Å². The number of hydrogen-bond donors (Lipinski definition) is 1. The number of pyridine rings is 1. The van der Waals surface area contributed by atoms with Gasteiger partial charge in [-0.05, 0) is 43.7 Å². The molecule has 0 saturated heterocycles. The van der Waals surface area contributed by atoms with Gasteiger partial charge in [-0.3, -0.25) is 4.79 Å². The molecule has 19 heavy (non-hydrogen) atoms. The maximum Gasteiger partial charge on any atom is 0.270 e. The predicted octanol–water partition coefficient (Wildman–Crippen LogP) is 3.64. The van der Waals surface area contributed by atoms with Crippen molar-refractivity contribution in [3.8, 4) is 0 Å². The molecule has 1 aromatic carbocycles. The number of halogens is 1. The lowest BCUT2D eigenvalue weighted by atomic mass is 10.1. The van der Waals surface area contributed by atoms with Gasteiger partial charge in [0.25, 0.3) is 5.91 Å². The molecule has 98 valence electrons. The van der Waals surface area contributed by atoms with Crippen molar-refractivity contribution in [3.63, 3.8) is 0 Å². The van der Waals surface area contributed by atoms with Crippen LogP contribution < -0.4 is 5.32 Å². The zero-order valence-corrected chi connectivity index (χ0v) is 12.4. The Kier molecular flexibility index (Phi) is 4.32. The molecule has 1 atom stereocenters. The van der Waals surface area contributed by atoms with Crippen LogP contribution in [0.1, 0.15) is 34.7 Å². The molecule has 1 aromatic heterocycles. The van der Waals surface area contributed by atoms with Gasteiger partial charge in [-0.25, -0.2) is 4.98 Å². The van der Waals surface area contributed by atoms with E-state index in [9.17, 15) is 4.79 Å². The molecule has 0 unspecified atom stereocenters. The van der Waals surface area contributed by atoms with E-state index in [0.29, 0.717) is 5.69 Å². The predicted molar refractivity (Wildman–Crippen MR) is 79.0 cm³/mol. The lowest BCUT2D eigenvalue weighted by molar-refractivity contribution is 0.0934. The van der Waals surface area contributed by atoms with Crippen molar-refractivity contribution in [1.82, 2.24) is 10.3 Å². The summed E-state index contributed by atoms with van der Waals surface area (Å²) in [6, 6.07) is 13.2. The summed E-state index contributed by atoms with van der Waals surface area (Å²) in [5, 5.41) is 2.94. The highest BCUT2D eigenvalue weighted by Gasteiger charge is 2.12. The molecular formula is C15H15BrN2O. The lowest BCUT2D eigenvalue weighted by Crippen LogP contribution is -2.27. The zero-order valence-electron chi connectivity index (χ0n) is 10.9. The maximum atomic E-state index is 12.1. The van der Waals surface area contributed by atoms with Crippen LogP contribution >= 0.6 is 15.9 Å². The SMILES string of the molecule is Cc1cccc(C(=O)N[C@H](C)c2cccc(Br)c2)n1. The van der Waals surface area contributed by atoms with E-state index in [0.717, 1.165) is 15.7 Å². The lowest BCUT2D eigenvalue weighted by Gasteiger charge is -2.14. The smallest absolute Gasteiger partial charge is 0.270 e. The number of aryl methyl sites for hydroxylation is 1. The van der Waals surface area contributed by atoms with E-state index >= 15 is 0 Å². The minimum Gasteiger partial charge on any atom is -0.344 e. The molecule has 1 heterocycles. The molecule has 0 radical (unpaired) electrons. The normalized spacial score (nSPS) is 11.9. The number of hydrogen-bond acceptors (Lipinski definition) is 2. The summed E-state index contributed by atoms with van der Waals surface area (Å²) in [7, 11) is 0. The molecule has 0 spiro atoms. The summed E-state index contributed by atoms with van der Waals surface area (Å²) in [4.78, 5) is 16.3. The molecule has 0 bridgehead atoms. The summed E-state index contributed by atoms with van der Waals surface area (Å²) < 4.78 is 1.000. The average molecular weight is 319 g/mol. The highest BCUT2D eigenvalue weighted by Crippen LogP contribution is 2.18. The molecule has 0 saturated carbocycles. The van der Waals surface area contributed by atoms with E-state index in [2.05, 4.69) is 26.2 Å². The Morgan fingerprint density at radius 2 is 2.00 bits per heavy atom. The molecule has 3 nitrogen and oxygen atoms in total. The Hall–Kier alpha value is -1.68. The topological polar surface area (TPSA) is 42.0 Å². The summed E-state index contributed by atoms with van der Waals surface area (Å²) >= 11 is 3.43. The fourth-order valence-corrected chi connectivity index (χ4v) is 2.22. The number of carbonyl (C=O) groups excluding carboxylic acids is 1. The van der Waals surface area contributed by atoms with Gasteiger partial charge in [0.1, 0.15) is 5.69 Å². The third kappa shape index (κ3) is 3.64. The van der Waals surface area contributed by atoms with Crippen LogP contribution in [0.15, 0.2) is 46.9 Å². The Morgan fingerprint density at radius 1 is 1.26 bits per heavy atom. The van der Waals surface area contributed by atoms with Crippen LogP contribution in [-0.2, 0) is 0 Å². The van der Waals surface area contributed by atoms with Crippen molar-refractivity contribution >= 4 is 21.8 Å². The van der Waals surface area contributed by atoms with Crippen molar-refractivity contribution in [2.75, 3.05) is 0 Å². The van der Waals surface area contributed by atoms with Crippen LogP contribution in [0.4, 0.5) is 0 Å². The molecule has 4 heteroatoms.